The Labute approximate surface area is 112 Å². The van der Waals surface area contributed by atoms with Crippen LogP contribution < -0.4 is 0 Å². The monoisotopic (exact) mass is 294 g/mol. The van der Waals surface area contributed by atoms with Gasteiger partial charge in [-0.1, -0.05) is 0 Å². The molecule has 0 N–H and O–H groups in total. The Bertz CT molecular complexity index is 577. The summed E-state index contributed by atoms with van der Waals surface area (Å²) in [6.07, 6.45) is -4.85. The molecule has 0 fully saturated rings. The summed E-state index contributed by atoms with van der Waals surface area (Å²) in [5, 5.41) is 0. The Balaban J connectivity index is 2.40. The zero-order valence-electron chi connectivity index (χ0n) is 9.84. The van der Waals surface area contributed by atoms with Gasteiger partial charge in [-0.05, 0) is 12.1 Å². The van der Waals surface area contributed by atoms with Gasteiger partial charge >= 0.3 is 6.18 Å². The van der Waals surface area contributed by atoms with E-state index in [9.17, 15) is 17.6 Å². The largest absolute Gasteiger partial charge is 0.390 e. The Morgan fingerprint density at radius 3 is 2.63 bits per heavy atom. The molecule has 0 amide bonds. The number of hydrogen-bond donors (Lipinski definition) is 0. The second-order valence-electron chi connectivity index (χ2n) is 4.12. The van der Waals surface area contributed by atoms with Gasteiger partial charge in [0.15, 0.2) is 0 Å². The maximum absolute atomic E-state index is 13.1. The van der Waals surface area contributed by atoms with Crippen molar-refractivity contribution in [2.45, 2.75) is 25.6 Å². The first-order valence-corrected chi connectivity index (χ1v) is 6.21. The highest BCUT2D eigenvalue weighted by Crippen LogP contribution is 2.24. The standard InChI is InChI=1S/C12H11ClF4N2/c13-5-3-11-18-9-7-8(14)1-2-10(9)19(11)6-4-12(15,16)17/h1-2,7H,3-6H2. The van der Waals surface area contributed by atoms with Gasteiger partial charge in [0.2, 0.25) is 0 Å². The van der Waals surface area contributed by atoms with Gasteiger partial charge in [0.25, 0.3) is 0 Å². The summed E-state index contributed by atoms with van der Waals surface area (Å²) in [5.74, 6) is 0.225. The molecule has 1 aromatic heterocycles. The lowest BCUT2D eigenvalue weighted by atomic mass is 10.3. The highest BCUT2D eigenvalue weighted by molar-refractivity contribution is 6.17. The van der Waals surface area contributed by atoms with Crippen LogP contribution in [0.4, 0.5) is 17.6 Å². The topological polar surface area (TPSA) is 17.8 Å². The molecule has 0 saturated heterocycles. The van der Waals surface area contributed by atoms with Gasteiger partial charge in [0.05, 0.1) is 17.5 Å². The van der Waals surface area contributed by atoms with Gasteiger partial charge in [0, 0.05) is 24.9 Å². The number of nitrogens with zero attached hydrogens (tertiary/aromatic N) is 2. The quantitative estimate of drug-likeness (QED) is 0.617. The predicted molar refractivity (Wildman–Crippen MR) is 64.8 cm³/mol. The second kappa shape index (κ2) is 5.36. The van der Waals surface area contributed by atoms with Crippen LogP contribution in [-0.4, -0.2) is 21.6 Å². The van der Waals surface area contributed by atoms with Crippen molar-refractivity contribution in [1.82, 2.24) is 9.55 Å². The number of fused-ring (bicyclic) bond motifs is 1. The third-order valence-electron chi connectivity index (χ3n) is 2.73. The molecule has 0 aliphatic rings. The number of alkyl halides is 4. The molecule has 2 nitrogen and oxygen atoms in total. The van der Waals surface area contributed by atoms with Crippen LogP contribution in [0.3, 0.4) is 0 Å². The minimum Gasteiger partial charge on any atom is -0.328 e. The molecule has 2 rings (SSSR count). The molecule has 0 radical (unpaired) electrons. The summed E-state index contributed by atoms with van der Waals surface area (Å²) in [6, 6.07) is 3.85. The summed E-state index contributed by atoms with van der Waals surface area (Å²) >= 11 is 5.61. The molecule has 1 heterocycles. The minimum atomic E-state index is -4.24. The highest BCUT2D eigenvalue weighted by Gasteiger charge is 2.27. The summed E-state index contributed by atoms with van der Waals surface area (Å²) in [6.45, 7) is -0.238. The second-order valence-corrected chi connectivity index (χ2v) is 4.49. The number of aromatic nitrogens is 2. The summed E-state index contributed by atoms with van der Waals surface area (Å²) in [4.78, 5) is 4.14. The van der Waals surface area contributed by atoms with Crippen molar-refractivity contribution < 1.29 is 17.6 Å². The third kappa shape index (κ3) is 3.37. The van der Waals surface area contributed by atoms with E-state index in [-0.39, 0.29) is 12.4 Å². The van der Waals surface area contributed by atoms with Crippen LogP contribution >= 0.6 is 11.6 Å². The van der Waals surface area contributed by atoms with Gasteiger partial charge in [-0.15, -0.1) is 11.6 Å². The third-order valence-corrected chi connectivity index (χ3v) is 2.92. The zero-order chi connectivity index (χ0) is 14.0. The fraction of sp³-hybridized carbons (Fsp3) is 0.417. The van der Waals surface area contributed by atoms with Crippen LogP contribution in [0, 0.1) is 5.82 Å². The first-order chi connectivity index (χ1) is 8.90. The van der Waals surface area contributed by atoms with Crippen LogP contribution in [0.15, 0.2) is 18.2 Å². The lowest BCUT2D eigenvalue weighted by molar-refractivity contribution is -0.136. The summed E-state index contributed by atoms with van der Waals surface area (Å²) in [5.41, 5.74) is 0.841. The number of imidazole rings is 1. The Kier molecular flexibility index (Phi) is 3.99. The van der Waals surface area contributed by atoms with Gasteiger partial charge in [-0.3, -0.25) is 0 Å². The van der Waals surface area contributed by atoms with E-state index in [0.717, 1.165) is 0 Å². The minimum absolute atomic E-state index is 0.238. The molecule has 0 atom stereocenters. The Morgan fingerprint density at radius 1 is 1.26 bits per heavy atom. The molecule has 0 aliphatic carbocycles. The van der Waals surface area contributed by atoms with Crippen LogP contribution in [0.2, 0.25) is 0 Å². The Morgan fingerprint density at radius 2 is 2.00 bits per heavy atom. The van der Waals surface area contributed by atoms with Gasteiger partial charge in [-0.25, -0.2) is 9.37 Å². The first kappa shape index (κ1) is 14.1. The van der Waals surface area contributed by atoms with Crippen LogP contribution in [0.5, 0.6) is 0 Å². The number of aryl methyl sites for hydroxylation is 2. The van der Waals surface area contributed by atoms with E-state index < -0.39 is 18.4 Å². The van der Waals surface area contributed by atoms with E-state index in [1.54, 1.807) is 0 Å². The molecule has 104 valence electrons. The number of halogens is 5. The molecule has 1 aromatic carbocycles. The Hall–Kier alpha value is -1.30. The highest BCUT2D eigenvalue weighted by atomic mass is 35.5. The van der Waals surface area contributed by atoms with E-state index in [4.69, 9.17) is 11.6 Å². The summed E-state index contributed by atoms with van der Waals surface area (Å²) < 4.78 is 51.5. The molecular weight excluding hydrogens is 284 g/mol. The number of rotatable bonds is 4. The van der Waals surface area contributed by atoms with E-state index in [2.05, 4.69) is 4.98 Å². The van der Waals surface area contributed by atoms with E-state index in [1.807, 2.05) is 0 Å². The van der Waals surface area contributed by atoms with Crippen LogP contribution in [0.25, 0.3) is 11.0 Å². The van der Waals surface area contributed by atoms with Crippen molar-refractivity contribution >= 4 is 22.6 Å². The van der Waals surface area contributed by atoms with E-state index in [1.165, 1.54) is 22.8 Å². The fourth-order valence-corrected chi connectivity index (χ4v) is 2.09. The molecule has 0 aliphatic heterocycles. The van der Waals surface area contributed by atoms with Crippen molar-refractivity contribution in [1.29, 1.82) is 0 Å². The molecule has 0 spiro atoms. The zero-order valence-corrected chi connectivity index (χ0v) is 10.6. The van der Waals surface area contributed by atoms with Gasteiger partial charge < -0.3 is 4.57 Å². The summed E-state index contributed by atoms with van der Waals surface area (Å²) in [7, 11) is 0. The van der Waals surface area contributed by atoms with Crippen LogP contribution in [0.1, 0.15) is 12.2 Å². The SMILES string of the molecule is Fc1ccc2c(c1)nc(CCCl)n2CCC(F)(F)F. The molecule has 0 saturated carbocycles. The van der Waals surface area contributed by atoms with Crippen molar-refractivity contribution in [3.8, 4) is 0 Å². The lowest BCUT2D eigenvalue weighted by Gasteiger charge is -2.10. The van der Waals surface area contributed by atoms with Crippen LogP contribution in [-0.2, 0) is 13.0 Å². The van der Waals surface area contributed by atoms with Crippen molar-refractivity contribution in [3.63, 3.8) is 0 Å². The molecule has 7 heteroatoms. The smallest absolute Gasteiger partial charge is 0.328 e. The molecule has 0 bridgehead atoms. The van der Waals surface area contributed by atoms with Crippen molar-refractivity contribution in [2.24, 2.45) is 0 Å². The fourth-order valence-electron chi connectivity index (χ4n) is 1.92. The maximum atomic E-state index is 13.1. The molecule has 2 aromatic rings. The van der Waals surface area contributed by atoms with E-state index in [0.29, 0.717) is 23.3 Å². The first-order valence-electron chi connectivity index (χ1n) is 5.68. The molecular formula is C12H11ClF4N2. The molecule has 0 unspecified atom stereocenters. The maximum Gasteiger partial charge on any atom is 0.390 e. The van der Waals surface area contributed by atoms with E-state index >= 15 is 0 Å². The normalized spacial score (nSPS) is 12.3. The average molecular weight is 295 g/mol. The molecule has 19 heavy (non-hydrogen) atoms. The number of hydrogen-bond acceptors (Lipinski definition) is 1. The van der Waals surface area contributed by atoms with Crippen molar-refractivity contribution in [2.75, 3.05) is 5.88 Å². The van der Waals surface area contributed by atoms with Gasteiger partial charge in [-0.2, -0.15) is 13.2 Å². The van der Waals surface area contributed by atoms with Gasteiger partial charge in [0.1, 0.15) is 11.6 Å². The predicted octanol–water partition coefficient (Wildman–Crippen LogP) is 3.91. The van der Waals surface area contributed by atoms with Crippen molar-refractivity contribution in [3.05, 3.63) is 29.8 Å². The lowest BCUT2D eigenvalue weighted by Crippen LogP contribution is -2.14. The average Bonchev–Trinajstić information content (AvgIpc) is 2.62. The number of benzene rings is 1.